The molecule has 1 atom stereocenters. The summed E-state index contributed by atoms with van der Waals surface area (Å²) < 4.78 is 0. The molecule has 1 aromatic carbocycles. The Bertz CT molecular complexity index is 699. The molecule has 6 heteroatoms. The van der Waals surface area contributed by atoms with E-state index in [1.165, 1.54) is 0 Å². The van der Waals surface area contributed by atoms with Gasteiger partial charge in [0.05, 0.1) is 0 Å². The summed E-state index contributed by atoms with van der Waals surface area (Å²) >= 11 is 0. The molecule has 4 amide bonds. The number of nitrogens with one attached hydrogen (secondary N) is 2. The van der Waals surface area contributed by atoms with Crippen LogP contribution in [0.4, 0.5) is 10.5 Å². The van der Waals surface area contributed by atoms with Crippen LogP contribution in [0.5, 0.6) is 0 Å². The molecule has 1 aliphatic heterocycles. The minimum Gasteiger partial charge on any atom is -0.324 e. The van der Waals surface area contributed by atoms with Gasteiger partial charge in [-0.15, -0.1) is 0 Å². The van der Waals surface area contributed by atoms with E-state index in [1.54, 1.807) is 6.92 Å². The number of hydrogen-bond donors (Lipinski definition) is 2. The normalized spacial score (nSPS) is 20.0. The van der Waals surface area contributed by atoms with E-state index in [2.05, 4.69) is 24.5 Å². The highest BCUT2D eigenvalue weighted by molar-refractivity contribution is 6.10. The van der Waals surface area contributed by atoms with Crippen LogP contribution in [0.25, 0.3) is 0 Å². The Kier molecular flexibility index (Phi) is 6.05. The first-order valence-corrected chi connectivity index (χ1v) is 9.17. The molecule has 0 aromatic heterocycles. The maximum Gasteiger partial charge on any atom is 0.325 e. The van der Waals surface area contributed by atoms with Gasteiger partial charge in [-0.25, -0.2) is 4.79 Å². The zero-order valence-electron chi connectivity index (χ0n) is 16.3. The number of imide groups is 1. The van der Waals surface area contributed by atoms with E-state index >= 15 is 0 Å². The number of hydrogen-bond acceptors (Lipinski definition) is 3. The Morgan fingerprint density at radius 3 is 2.46 bits per heavy atom. The molecule has 2 rings (SSSR count). The number of para-hydroxylation sites is 1. The molecular weight excluding hydrogens is 330 g/mol. The lowest BCUT2D eigenvalue weighted by Gasteiger charge is -2.22. The first-order valence-electron chi connectivity index (χ1n) is 9.17. The summed E-state index contributed by atoms with van der Waals surface area (Å²) in [4.78, 5) is 38.3. The number of rotatable bonds is 7. The zero-order chi connectivity index (χ0) is 19.5. The molecule has 2 N–H and O–H groups in total. The monoisotopic (exact) mass is 359 g/mol. The van der Waals surface area contributed by atoms with Crippen molar-refractivity contribution in [1.29, 1.82) is 0 Å². The molecule has 1 fully saturated rings. The summed E-state index contributed by atoms with van der Waals surface area (Å²) in [5.74, 6) is -0.0332. The quantitative estimate of drug-likeness (QED) is 0.732. The Labute approximate surface area is 155 Å². The first-order chi connectivity index (χ1) is 12.1. The van der Waals surface area contributed by atoms with E-state index in [1.807, 2.05) is 38.1 Å². The second kappa shape index (κ2) is 7.89. The van der Waals surface area contributed by atoms with Crippen molar-refractivity contribution in [3.05, 3.63) is 29.8 Å². The van der Waals surface area contributed by atoms with Crippen LogP contribution in [-0.4, -0.2) is 34.8 Å². The van der Waals surface area contributed by atoms with Gasteiger partial charge in [-0.2, -0.15) is 0 Å². The lowest BCUT2D eigenvalue weighted by Crippen LogP contribution is -2.44. The van der Waals surface area contributed by atoms with Gasteiger partial charge in [0.15, 0.2) is 0 Å². The van der Waals surface area contributed by atoms with Crippen LogP contribution in [0, 0.1) is 5.92 Å². The molecule has 1 saturated heterocycles. The summed E-state index contributed by atoms with van der Waals surface area (Å²) in [6, 6.07) is 7.04. The summed E-state index contributed by atoms with van der Waals surface area (Å²) in [6.07, 6.45) is 1.38. The fourth-order valence-electron chi connectivity index (χ4n) is 3.09. The summed E-state index contributed by atoms with van der Waals surface area (Å²) in [5, 5.41) is 5.57. The van der Waals surface area contributed by atoms with Gasteiger partial charge < -0.3 is 10.6 Å². The third-order valence-electron chi connectivity index (χ3n) is 4.73. The highest BCUT2D eigenvalue weighted by Crippen LogP contribution is 2.26. The SMILES string of the molecule is CC(C)CCC1(C)NC(=O)N(CC(=O)Nc2ccccc2C(C)C)C1=O. The number of nitrogens with zero attached hydrogens (tertiary/aromatic N) is 1. The van der Waals surface area contributed by atoms with Gasteiger partial charge in [0, 0.05) is 5.69 Å². The largest absolute Gasteiger partial charge is 0.325 e. The number of urea groups is 1. The highest BCUT2D eigenvalue weighted by atomic mass is 16.2. The van der Waals surface area contributed by atoms with Gasteiger partial charge >= 0.3 is 6.03 Å². The van der Waals surface area contributed by atoms with Crippen molar-refractivity contribution in [3.8, 4) is 0 Å². The van der Waals surface area contributed by atoms with Crippen molar-refractivity contribution in [2.75, 3.05) is 11.9 Å². The van der Waals surface area contributed by atoms with E-state index < -0.39 is 11.6 Å². The van der Waals surface area contributed by atoms with Crippen molar-refractivity contribution in [1.82, 2.24) is 10.2 Å². The van der Waals surface area contributed by atoms with Crippen LogP contribution < -0.4 is 10.6 Å². The Morgan fingerprint density at radius 1 is 1.19 bits per heavy atom. The van der Waals surface area contributed by atoms with E-state index in [9.17, 15) is 14.4 Å². The second-order valence-corrected chi connectivity index (χ2v) is 7.88. The number of carbonyl (C=O) groups excluding carboxylic acids is 3. The lowest BCUT2D eigenvalue weighted by atomic mass is 9.92. The average molecular weight is 359 g/mol. The fraction of sp³-hybridized carbons (Fsp3) is 0.550. The van der Waals surface area contributed by atoms with Crippen molar-refractivity contribution in [3.63, 3.8) is 0 Å². The lowest BCUT2D eigenvalue weighted by molar-refractivity contribution is -0.133. The van der Waals surface area contributed by atoms with Crippen LogP contribution >= 0.6 is 0 Å². The van der Waals surface area contributed by atoms with E-state index in [4.69, 9.17) is 0 Å². The molecule has 142 valence electrons. The molecule has 0 saturated carbocycles. The first kappa shape index (κ1) is 19.9. The number of amides is 4. The number of anilines is 1. The molecule has 0 radical (unpaired) electrons. The van der Waals surface area contributed by atoms with E-state index in [-0.39, 0.29) is 24.3 Å². The molecule has 0 bridgehead atoms. The zero-order valence-corrected chi connectivity index (χ0v) is 16.3. The second-order valence-electron chi connectivity index (χ2n) is 7.88. The molecule has 1 aromatic rings. The molecule has 0 spiro atoms. The molecule has 1 heterocycles. The third-order valence-corrected chi connectivity index (χ3v) is 4.73. The molecule has 0 aliphatic carbocycles. The van der Waals surface area contributed by atoms with Gasteiger partial charge in [-0.05, 0) is 43.2 Å². The van der Waals surface area contributed by atoms with E-state index in [0.717, 1.165) is 16.9 Å². The summed E-state index contributed by atoms with van der Waals surface area (Å²) in [5.41, 5.74) is 0.791. The maximum atomic E-state index is 12.7. The smallest absolute Gasteiger partial charge is 0.324 e. The number of benzene rings is 1. The standard InChI is InChI=1S/C20H29N3O3/c1-13(2)10-11-20(5)18(25)23(19(26)22-20)12-17(24)21-16-9-7-6-8-15(16)14(3)4/h6-9,13-14H,10-12H2,1-5H3,(H,21,24)(H,22,26). The van der Waals surface area contributed by atoms with Gasteiger partial charge in [0.25, 0.3) is 5.91 Å². The third kappa shape index (κ3) is 4.42. The van der Waals surface area contributed by atoms with Crippen LogP contribution in [-0.2, 0) is 9.59 Å². The van der Waals surface area contributed by atoms with Crippen molar-refractivity contribution in [2.45, 2.75) is 58.9 Å². The Balaban J connectivity index is 2.05. The summed E-state index contributed by atoms with van der Waals surface area (Å²) in [7, 11) is 0. The van der Waals surface area contributed by atoms with Gasteiger partial charge in [-0.3, -0.25) is 14.5 Å². The predicted octanol–water partition coefficient (Wildman–Crippen LogP) is 3.50. The Hall–Kier alpha value is -2.37. The van der Waals surface area contributed by atoms with Gasteiger partial charge in [-0.1, -0.05) is 45.9 Å². The predicted molar refractivity (Wildman–Crippen MR) is 102 cm³/mol. The molecule has 1 aliphatic rings. The minimum absolute atomic E-state index is 0.252. The van der Waals surface area contributed by atoms with E-state index in [0.29, 0.717) is 18.0 Å². The van der Waals surface area contributed by atoms with Crippen molar-refractivity contribution < 1.29 is 14.4 Å². The van der Waals surface area contributed by atoms with Crippen LogP contribution in [0.15, 0.2) is 24.3 Å². The maximum absolute atomic E-state index is 12.7. The minimum atomic E-state index is -0.933. The topological polar surface area (TPSA) is 78.5 Å². The molecule has 6 nitrogen and oxygen atoms in total. The number of carbonyl (C=O) groups is 3. The highest BCUT2D eigenvalue weighted by Gasteiger charge is 2.47. The Morgan fingerprint density at radius 2 is 1.85 bits per heavy atom. The van der Waals surface area contributed by atoms with Gasteiger partial charge in [0.2, 0.25) is 5.91 Å². The van der Waals surface area contributed by atoms with Crippen LogP contribution in [0.2, 0.25) is 0 Å². The average Bonchev–Trinajstić information content (AvgIpc) is 2.77. The van der Waals surface area contributed by atoms with Crippen LogP contribution in [0.3, 0.4) is 0 Å². The van der Waals surface area contributed by atoms with Crippen LogP contribution in [0.1, 0.15) is 58.9 Å². The molecule has 1 unspecified atom stereocenters. The van der Waals surface area contributed by atoms with Crippen molar-refractivity contribution in [2.24, 2.45) is 5.92 Å². The summed E-state index contributed by atoms with van der Waals surface area (Å²) in [6.45, 7) is 9.67. The molecular formula is C20H29N3O3. The fourth-order valence-corrected chi connectivity index (χ4v) is 3.09. The molecule has 26 heavy (non-hydrogen) atoms. The van der Waals surface area contributed by atoms with Crippen molar-refractivity contribution >= 4 is 23.5 Å². The van der Waals surface area contributed by atoms with Gasteiger partial charge in [0.1, 0.15) is 12.1 Å².